The third-order valence-electron chi connectivity index (χ3n) is 2.52. The van der Waals surface area contributed by atoms with E-state index in [1.165, 1.54) is 6.92 Å². The van der Waals surface area contributed by atoms with Crippen LogP contribution in [-0.2, 0) is 24.1 Å². The molecule has 1 amide bonds. The fraction of sp³-hybridized carbons (Fsp3) is 0.750. The number of ether oxygens (including phenoxy) is 2. The van der Waals surface area contributed by atoms with Crippen LogP contribution in [0.5, 0.6) is 0 Å². The summed E-state index contributed by atoms with van der Waals surface area (Å²) < 4.78 is 33.5. The van der Waals surface area contributed by atoms with Crippen molar-refractivity contribution in [3.8, 4) is 0 Å². The van der Waals surface area contributed by atoms with Gasteiger partial charge in [-0.05, 0) is 47.6 Å². The maximum Gasteiger partial charge on any atom is 0.408 e. The molecule has 0 heterocycles. The van der Waals surface area contributed by atoms with Crippen molar-refractivity contribution < 1.29 is 27.5 Å². The summed E-state index contributed by atoms with van der Waals surface area (Å²) in [5.74, 6) is -0.809. The monoisotopic (exact) mass is 397 g/mol. The molecule has 0 aromatic heterocycles. The lowest BCUT2D eigenvalue weighted by Gasteiger charge is -2.24. The van der Waals surface area contributed by atoms with Crippen molar-refractivity contribution in [2.75, 3.05) is 5.75 Å². The Morgan fingerprint density at radius 1 is 1.08 bits per heavy atom. The van der Waals surface area contributed by atoms with Gasteiger partial charge in [0.2, 0.25) is 0 Å². The first kappa shape index (κ1) is 23.7. The number of rotatable bonds is 6. The van der Waals surface area contributed by atoms with Crippen molar-refractivity contribution >= 4 is 33.5 Å². The lowest BCUT2D eigenvalue weighted by molar-refractivity contribution is -0.155. The molecule has 146 valence electrons. The van der Waals surface area contributed by atoms with E-state index in [-0.39, 0.29) is 12.2 Å². The summed E-state index contributed by atoms with van der Waals surface area (Å²) in [7, 11) is -3.65. The van der Waals surface area contributed by atoms with Crippen LogP contribution in [-0.4, -0.2) is 43.5 Å². The normalized spacial score (nSPS) is 14.6. The topological polar surface area (TPSA) is 98.8 Å². The lowest BCUT2D eigenvalue weighted by Crippen LogP contribution is -2.40. The van der Waals surface area contributed by atoms with Crippen molar-refractivity contribution in [3.05, 3.63) is 10.4 Å². The molecule has 9 heteroatoms. The molecule has 0 aromatic carbocycles. The molecule has 0 aromatic rings. The van der Waals surface area contributed by atoms with Gasteiger partial charge in [-0.1, -0.05) is 18.5 Å². The van der Waals surface area contributed by atoms with Gasteiger partial charge in [0.05, 0.1) is 18.2 Å². The van der Waals surface area contributed by atoms with Gasteiger partial charge in [-0.3, -0.25) is 4.79 Å². The number of halogens is 1. The number of hydrogen-bond donors (Lipinski definition) is 1. The Morgan fingerprint density at radius 3 is 1.96 bits per heavy atom. The molecular weight excluding hydrogens is 370 g/mol. The van der Waals surface area contributed by atoms with Crippen LogP contribution in [0.2, 0.25) is 0 Å². The number of nitrogens with one attached hydrogen (secondary N) is 1. The summed E-state index contributed by atoms with van der Waals surface area (Å²) in [6.07, 6.45) is 0.0240. The molecule has 1 N–H and O–H groups in total. The fourth-order valence-electron chi connectivity index (χ4n) is 1.57. The highest BCUT2D eigenvalue weighted by Gasteiger charge is 2.25. The van der Waals surface area contributed by atoms with Gasteiger partial charge in [0.15, 0.2) is 9.84 Å². The first-order valence-corrected chi connectivity index (χ1v) is 9.90. The van der Waals surface area contributed by atoms with E-state index in [1.807, 2.05) is 0 Å². The number of hydrogen-bond acceptors (Lipinski definition) is 6. The van der Waals surface area contributed by atoms with Crippen LogP contribution in [0.25, 0.3) is 0 Å². The maximum absolute atomic E-state index is 12.0. The van der Waals surface area contributed by atoms with Crippen molar-refractivity contribution in [3.63, 3.8) is 0 Å². The Bertz CT molecular complexity index is 584. The first-order valence-electron chi connectivity index (χ1n) is 7.87. The number of amides is 1. The number of carbonyl (C=O) groups is 2. The second kappa shape index (κ2) is 8.89. The fourth-order valence-corrected chi connectivity index (χ4v) is 2.70. The van der Waals surface area contributed by atoms with Crippen molar-refractivity contribution in [2.24, 2.45) is 0 Å². The Balaban J connectivity index is 5.35. The second-order valence-electron chi connectivity index (χ2n) is 7.42. The quantitative estimate of drug-likeness (QED) is 0.691. The molecule has 0 radical (unpaired) electrons. The summed E-state index contributed by atoms with van der Waals surface area (Å²) >= 11 is 5.83. The Morgan fingerprint density at radius 2 is 1.56 bits per heavy atom. The third-order valence-corrected chi connectivity index (χ3v) is 4.84. The molecule has 0 aliphatic heterocycles. The van der Waals surface area contributed by atoms with Crippen LogP contribution < -0.4 is 5.32 Å². The van der Waals surface area contributed by atoms with E-state index in [1.54, 1.807) is 41.5 Å². The van der Waals surface area contributed by atoms with Gasteiger partial charge < -0.3 is 14.8 Å². The molecule has 7 nitrogen and oxygen atoms in total. The third kappa shape index (κ3) is 11.0. The van der Waals surface area contributed by atoms with Gasteiger partial charge in [-0.2, -0.15) is 0 Å². The number of sulfone groups is 1. The highest BCUT2D eigenvalue weighted by molar-refractivity contribution is 7.96. The van der Waals surface area contributed by atoms with Gasteiger partial charge in [-0.15, -0.1) is 0 Å². The molecule has 0 spiro atoms. The van der Waals surface area contributed by atoms with E-state index < -0.39 is 43.5 Å². The van der Waals surface area contributed by atoms with E-state index in [4.69, 9.17) is 21.1 Å². The van der Waals surface area contributed by atoms with Crippen LogP contribution in [0, 0.1) is 0 Å². The van der Waals surface area contributed by atoms with Gasteiger partial charge in [-0.25, -0.2) is 13.2 Å². The molecule has 0 fully saturated rings. The Hall–Kier alpha value is -1.28. The molecule has 0 saturated heterocycles. The van der Waals surface area contributed by atoms with Crippen LogP contribution >= 0.6 is 11.6 Å². The predicted octanol–water partition coefficient (Wildman–Crippen LogP) is 3.13. The lowest BCUT2D eigenvalue weighted by atomic mass is 10.1. The van der Waals surface area contributed by atoms with Gasteiger partial charge in [0.25, 0.3) is 0 Å². The second-order valence-corrected chi connectivity index (χ2v) is 10.3. The zero-order valence-corrected chi connectivity index (χ0v) is 17.4. The molecule has 1 atom stereocenters. The summed E-state index contributed by atoms with van der Waals surface area (Å²) in [6, 6.07) is -0.987. The molecule has 0 rings (SSSR count). The minimum absolute atomic E-state index is 0.200. The average molecular weight is 398 g/mol. The van der Waals surface area contributed by atoms with E-state index in [9.17, 15) is 18.0 Å². The van der Waals surface area contributed by atoms with Crippen molar-refractivity contribution in [2.45, 2.75) is 72.1 Å². The number of alkyl carbamates (subject to hydrolysis) is 1. The van der Waals surface area contributed by atoms with E-state index in [0.717, 1.165) is 6.08 Å². The summed E-state index contributed by atoms with van der Waals surface area (Å²) in [4.78, 5) is 23.9. The minimum atomic E-state index is -3.65. The smallest absolute Gasteiger partial charge is 0.408 e. The maximum atomic E-state index is 12.0. The summed E-state index contributed by atoms with van der Waals surface area (Å²) in [6.45, 7) is 11.6. The molecule has 0 bridgehead atoms. The van der Waals surface area contributed by atoms with Crippen molar-refractivity contribution in [1.82, 2.24) is 5.32 Å². The number of esters is 1. The largest absolute Gasteiger partial charge is 0.460 e. The van der Waals surface area contributed by atoms with Crippen LogP contribution in [0.15, 0.2) is 10.4 Å². The molecule has 0 aliphatic rings. The first-order chi connectivity index (χ1) is 11.1. The molecule has 0 aliphatic carbocycles. The highest BCUT2D eigenvalue weighted by Crippen LogP contribution is 2.17. The SMILES string of the molecule is CCS(=O)(=O)/C(Cl)=C/[C@H](CC(=O)OC(C)(C)C)NC(=O)OC(C)(C)C. The summed E-state index contributed by atoms with van der Waals surface area (Å²) in [5.41, 5.74) is -1.46. The van der Waals surface area contributed by atoms with Gasteiger partial charge >= 0.3 is 12.1 Å². The molecule has 0 saturated carbocycles. The van der Waals surface area contributed by atoms with E-state index in [2.05, 4.69) is 5.32 Å². The zero-order chi connectivity index (χ0) is 20.1. The molecule has 25 heavy (non-hydrogen) atoms. The van der Waals surface area contributed by atoms with E-state index in [0.29, 0.717) is 0 Å². The predicted molar refractivity (Wildman–Crippen MR) is 97.0 cm³/mol. The highest BCUT2D eigenvalue weighted by atomic mass is 35.5. The standard InChI is InChI=1S/C16H28ClNO6S/c1-8-25(21,22)12(17)9-11(10-13(19)23-15(2,3)4)18-14(20)24-16(5,6)7/h9,11H,8,10H2,1-7H3,(H,18,20)/b12-9+/t11-/m1/s1. The van der Waals surface area contributed by atoms with E-state index >= 15 is 0 Å². The van der Waals surface area contributed by atoms with Gasteiger partial charge in [0, 0.05) is 0 Å². The summed E-state index contributed by atoms with van der Waals surface area (Å²) in [5, 5.41) is 2.43. The van der Waals surface area contributed by atoms with Crippen molar-refractivity contribution in [1.29, 1.82) is 0 Å². The molecule has 0 unspecified atom stereocenters. The minimum Gasteiger partial charge on any atom is -0.460 e. The van der Waals surface area contributed by atoms with Crippen LogP contribution in [0.3, 0.4) is 0 Å². The van der Waals surface area contributed by atoms with Gasteiger partial charge in [0.1, 0.15) is 15.6 Å². The Labute approximate surface area is 155 Å². The Kier molecular flexibility index (Phi) is 8.44. The van der Waals surface area contributed by atoms with Crippen LogP contribution in [0.4, 0.5) is 4.79 Å². The average Bonchev–Trinajstić information content (AvgIpc) is 2.33. The van der Waals surface area contributed by atoms with Crippen LogP contribution in [0.1, 0.15) is 54.9 Å². The zero-order valence-electron chi connectivity index (χ0n) is 15.8. The molecular formula is C16H28ClNO6S. The number of carbonyl (C=O) groups excluding carboxylic acids is 2.